The molecule has 0 saturated carbocycles. The van der Waals surface area contributed by atoms with Crippen molar-refractivity contribution in [2.75, 3.05) is 6.54 Å². The van der Waals surface area contributed by atoms with Crippen LogP contribution >= 0.6 is 11.8 Å². The summed E-state index contributed by atoms with van der Waals surface area (Å²) in [7, 11) is -3.52. The molecule has 0 amide bonds. The van der Waals surface area contributed by atoms with Gasteiger partial charge in [0.1, 0.15) is 0 Å². The van der Waals surface area contributed by atoms with Gasteiger partial charge in [0, 0.05) is 11.8 Å². The van der Waals surface area contributed by atoms with Gasteiger partial charge in [-0.15, -0.1) is 5.10 Å². The van der Waals surface area contributed by atoms with Crippen LogP contribution in [0.25, 0.3) is 5.69 Å². The summed E-state index contributed by atoms with van der Waals surface area (Å²) in [5.41, 5.74) is 0.854. The maximum atomic E-state index is 12.3. The molecule has 2 aromatic carbocycles. The zero-order valence-corrected chi connectivity index (χ0v) is 15.1. The highest BCUT2D eigenvalue weighted by molar-refractivity contribution is 7.99. The third kappa shape index (κ3) is 4.44. The van der Waals surface area contributed by atoms with E-state index in [9.17, 15) is 8.42 Å². The Labute approximate surface area is 150 Å². The molecule has 0 aliphatic heterocycles. The molecule has 25 heavy (non-hydrogen) atoms. The van der Waals surface area contributed by atoms with Crippen LogP contribution in [-0.4, -0.2) is 40.4 Å². The van der Waals surface area contributed by atoms with E-state index in [1.807, 2.05) is 37.3 Å². The first-order chi connectivity index (χ1) is 12.1. The molecule has 0 radical (unpaired) electrons. The molecule has 0 aliphatic rings. The van der Waals surface area contributed by atoms with Gasteiger partial charge in [0.05, 0.1) is 10.6 Å². The number of para-hydroxylation sites is 1. The van der Waals surface area contributed by atoms with E-state index in [-0.39, 0.29) is 16.7 Å². The zero-order valence-electron chi connectivity index (χ0n) is 13.5. The second-order valence-electron chi connectivity index (χ2n) is 5.30. The van der Waals surface area contributed by atoms with E-state index in [1.165, 1.54) is 11.8 Å². The quantitative estimate of drug-likeness (QED) is 0.636. The Kier molecular flexibility index (Phi) is 5.47. The average Bonchev–Trinajstić information content (AvgIpc) is 3.10. The lowest BCUT2D eigenvalue weighted by molar-refractivity contribution is 0.581. The maximum absolute atomic E-state index is 12.3. The summed E-state index contributed by atoms with van der Waals surface area (Å²) in [5.74, 6) is 0. The van der Waals surface area contributed by atoms with Crippen molar-refractivity contribution < 1.29 is 8.42 Å². The van der Waals surface area contributed by atoms with Gasteiger partial charge in [0.2, 0.25) is 15.2 Å². The van der Waals surface area contributed by atoms with Gasteiger partial charge in [-0.1, -0.05) is 55.1 Å². The highest BCUT2D eigenvalue weighted by Crippen LogP contribution is 2.22. The van der Waals surface area contributed by atoms with Crippen LogP contribution in [0.5, 0.6) is 0 Å². The summed E-state index contributed by atoms with van der Waals surface area (Å²) in [6.07, 6.45) is 0. The molecule has 0 spiro atoms. The van der Waals surface area contributed by atoms with Gasteiger partial charge in [-0.25, -0.2) is 13.1 Å². The Bertz CT molecular complexity index is 914. The maximum Gasteiger partial charge on any atom is 0.240 e. The molecule has 1 unspecified atom stereocenters. The fourth-order valence-electron chi connectivity index (χ4n) is 2.12. The van der Waals surface area contributed by atoms with Gasteiger partial charge in [0.25, 0.3) is 0 Å². The molecular formula is C16H17N5O2S2. The van der Waals surface area contributed by atoms with Crippen molar-refractivity contribution in [1.29, 1.82) is 0 Å². The van der Waals surface area contributed by atoms with Crippen LogP contribution in [0.3, 0.4) is 0 Å². The van der Waals surface area contributed by atoms with Gasteiger partial charge >= 0.3 is 0 Å². The lowest BCUT2D eigenvalue weighted by Crippen LogP contribution is -2.29. The average molecular weight is 375 g/mol. The molecule has 3 rings (SSSR count). The molecule has 1 heterocycles. The number of nitrogens with zero attached hydrogens (tertiary/aromatic N) is 4. The third-order valence-electron chi connectivity index (χ3n) is 3.36. The van der Waals surface area contributed by atoms with Gasteiger partial charge in [-0.3, -0.25) is 0 Å². The molecule has 0 aliphatic carbocycles. The fourth-order valence-corrected chi connectivity index (χ4v) is 4.22. The van der Waals surface area contributed by atoms with Crippen molar-refractivity contribution >= 4 is 21.8 Å². The lowest BCUT2D eigenvalue weighted by atomic mass is 10.3. The molecule has 0 saturated heterocycles. The van der Waals surface area contributed by atoms with Crippen LogP contribution in [0, 0.1) is 0 Å². The molecule has 9 heteroatoms. The molecule has 1 atom stereocenters. The number of hydrogen-bond donors (Lipinski definition) is 1. The van der Waals surface area contributed by atoms with Crippen LogP contribution in [0.2, 0.25) is 0 Å². The number of sulfonamides is 1. The lowest BCUT2D eigenvalue weighted by Gasteiger charge is -2.12. The Morgan fingerprint density at radius 2 is 1.72 bits per heavy atom. The molecule has 1 N–H and O–H groups in total. The zero-order chi connectivity index (χ0) is 17.7. The second kappa shape index (κ2) is 7.77. The smallest absolute Gasteiger partial charge is 0.210 e. The number of benzene rings is 2. The summed E-state index contributed by atoms with van der Waals surface area (Å²) >= 11 is 1.41. The van der Waals surface area contributed by atoms with Crippen molar-refractivity contribution in [2.24, 2.45) is 0 Å². The minimum atomic E-state index is -3.52. The second-order valence-corrected chi connectivity index (χ2v) is 8.47. The van der Waals surface area contributed by atoms with Crippen molar-refractivity contribution in [1.82, 2.24) is 24.9 Å². The minimum absolute atomic E-state index is 0.0491. The van der Waals surface area contributed by atoms with Crippen molar-refractivity contribution in [3.8, 4) is 5.69 Å². The van der Waals surface area contributed by atoms with Crippen molar-refractivity contribution in [2.45, 2.75) is 22.2 Å². The van der Waals surface area contributed by atoms with Crippen LogP contribution in [0.4, 0.5) is 0 Å². The van der Waals surface area contributed by atoms with Crippen LogP contribution in [0.15, 0.2) is 70.7 Å². The molecule has 0 fully saturated rings. The first-order valence-electron chi connectivity index (χ1n) is 7.61. The fraction of sp³-hybridized carbons (Fsp3) is 0.188. The molecule has 130 valence electrons. The van der Waals surface area contributed by atoms with Crippen molar-refractivity contribution in [3.63, 3.8) is 0 Å². The predicted octanol–water partition coefficient (Wildman–Crippen LogP) is 2.12. The van der Waals surface area contributed by atoms with E-state index in [0.29, 0.717) is 5.16 Å². The van der Waals surface area contributed by atoms with E-state index in [0.717, 1.165) is 5.69 Å². The number of thioether (sulfide) groups is 1. The van der Waals surface area contributed by atoms with Gasteiger partial charge in [0.15, 0.2) is 0 Å². The van der Waals surface area contributed by atoms with Gasteiger partial charge < -0.3 is 0 Å². The predicted molar refractivity (Wildman–Crippen MR) is 96.1 cm³/mol. The van der Waals surface area contributed by atoms with Gasteiger partial charge in [-0.2, -0.15) is 4.68 Å². The largest absolute Gasteiger partial charge is 0.240 e. The SMILES string of the molecule is CC(CNS(=O)(=O)c1ccccc1)Sc1nnnn1-c1ccccc1. The van der Waals surface area contributed by atoms with E-state index in [4.69, 9.17) is 0 Å². The summed E-state index contributed by atoms with van der Waals surface area (Å²) < 4.78 is 28.8. The number of tetrazole rings is 1. The number of aromatic nitrogens is 4. The number of hydrogen-bond acceptors (Lipinski definition) is 6. The van der Waals surface area contributed by atoms with E-state index in [2.05, 4.69) is 20.2 Å². The Balaban J connectivity index is 1.64. The molecule has 7 nitrogen and oxygen atoms in total. The molecule has 0 bridgehead atoms. The van der Waals surface area contributed by atoms with E-state index < -0.39 is 10.0 Å². The van der Waals surface area contributed by atoms with Crippen LogP contribution < -0.4 is 4.72 Å². The third-order valence-corrected chi connectivity index (χ3v) is 5.84. The highest BCUT2D eigenvalue weighted by atomic mass is 32.2. The van der Waals surface area contributed by atoms with E-state index >= 15 is 0 Å². The summed E-state index contributed by atoms with van der Waals surface area (Å²) in [6, 6.07) is 17.8. The summed E-state index contributed by atoms with van der Waals surface area (Å²) in [5, 5.41) is 12.3. The Hall–Kier alpha value is -2.23. The minimum Gasteiger partial charge on any atom is -0.210 e. The summed E-state index contributed by atoms with van der Waals surface area (Å²) in [4.78, 5) is 0.251. The molecule has 3 aromatic rings. The first kappa shape index (κ1) is 17.6. The molecule has 1 aromatic heterocycles. The monoisotopic (exact) mass is 375 g/mol. The molecular weight excluding hydrogens is 358 g/mol. The number of rotatable bonds is 7. The topological polar surface area (TPSA) is 89.8 Å². The Morgan fingerprint density at radius 1 is 1.08 bits per heavy atom. The first-order valence-corrected chi connectivity index (χ1v) is 9.98. The summed E-state index contributed by atoms with van der Waals surface area (Å²) in [6.45, 7) is 2.19. The van der Waals surface area contributed by atoms with E-state index in [1.54, 1.807) is 35.0 Å². The number of nitrogens with one attached hydrogen (secondary N) is 1. The standard InChI is InChI=1S/C16H17N5O2S2/c1-13(12-17-25(22,23)15-10-6-3-7-11-15)24-16-18-19-20-21(16)14-8-4-2-5-9-14/h2-11,13,17H,12H2,1H3. The van der Waals surface area contributed by atoms with Crippen molar-refractivity contribution in [3.05, 3.63) is 60.7 Å². The van der Waals surface area contributed by atoms with Crippen LogP contribution in [0.1, 0.15) is 6.92 Å². The highest BCUT2D eigenvalue weighted by Gasteiger charge is 2.17. The van der Waals surface area contributed by atoms with Gasteiger partial charge in [-0.05, 0) is 34.7 Å². The van der Waals surface area contributed by atoms with Crippen LogP contribution in [-0.2, 0) is 10.0 Å². The Morgan fingerprint density at radius 3 is 2.40 bits per heavy atom. The normalized spacial score (nSPS) is 12.8.